The molecule has 0 unspecified atom stereocenters. The molecule has 0 radical (unpaired) electrons. The number of hydrogen-bond acceptors (Lipinski definition) is 2. The fourth-order valence-corrected chi connectivity index (χ4v) is 4.24. The summed E-state index contributed by atoms with van der Waals surface area (Å²) in [7, 11) is 2.32. The Kier molecular flexibility index (Phi) is 7.70. The van der Waals surface area contributed by atoms with Gasteiger partial charge in [0.05, 0.1) is 0 Å². The van der Waals surface area contributed by atoms with Crippen molar-refractivity contribution >= 4 is 12.6 Å². The van der Waals surface area contributed by atoms with Crippen molar-refractivity contribution in [3.63, 3.8) is 0 Å². The van der Waals surface area contributed by atoms with Gasteiger partial charge in [-0.3, -0.25) is 0 Å². The van der Waals surface area contributed by atoms with Gasteiger partial charge in [-0.1, -0.05) is 39.5 Å². The van der Waals surface area contributed by atoms with Gasteiger partial charge in [0.1, 0.15) is 0 Å². The molecule has 0 aromatic heterocycles. The van der Waals surface area contributed by atoms with Gasteiger partial charge in [0.15, 0.2) is 0 Å². The van der Waals surface area contributed by atoms with Gasteiger partial charge in [0, 0.05) is 13.1 Å². The maximum absolute atomic E-state index is 4.67. The zero-order valence-electron chi connectivity index (χ0n) is 12.7. The van der Waals surface area contributed by atoms with Crippen molar-refractivity contribution in [2.75, 3.05) is 25.9 Å². The van der Waals surface area contributed by atoms with E-state index in [0.29, 0.717) is 5.41 Å². The Morgan fingerprint density at radius 3 is 2.11 bits per heavy atom. The van der Waals surface area contributed by atoms with E-state index < -0.39 is 0 Å². The van der Waals surface area contributed by atoms with Gasteiger partial charge in [-0.05, 0) is 49.8 Å². The van der Waals surface area contributed by atoms with Crippen LogP contribution in [0.3, 0.4) is 0 Å². The van der Waals surface area contributed by atoms with Crippen LogP contribution in [-0.2, 0) is 0 Å². The van der Waals surface area contributed by atoms with Crippen LogP contribution in [0.15, 0.2) is 0 Å². The maximum Gasteiger partial charge on any atom is 0.00429 e. The average molecular weight is 272 g/mol. The zero-order valence-corrected chi connectivity index (χ0v) is 13.6. The summed E-state index contributed by atoms with van der Waals surface area (Å²) in [6, 6.07) is 0. The molecule has 0 N–H and O–H groups in total. The number of nitrogens with zero attached hydrogens (tertiary/aromatic N) is 1. The van der Waals surface area contributed by atoms with E-state index >= 15 is 0 Å². The summed E-state index contributed by atoms with van der Waals surface area (Å²) in [6.07, 6.45) is 11.1. The van der Waals surface area contributed by atoms with Gasteiger partial charge in [-0.15, -0.1) is 0 Å². The molecule has 1 fully saturated rings. The van der Waals surface area contributed by atoms with E-state index in [1.54, 1.807) is 0 Å². The third-order valence-electron chi connectivity index (χ3n) is 4.55. The monoisotopic (exact) mass is 271 g/mol. The summed E-state index contributed by atoms with van der Waals surface area (Å²) in [5.74, 6) is 2.01. The molecule has 18 heavy (non-hydrogen) atoms. The van der Waals surface area contributed by atoms with Crippen molar-refractivity contribution in [2.24, 2.45) is 11.3 Å². The van der Waals surface area contributed by atoms with Gasteiger partial charge in [0.25, 0.3) is 0 Å². The molecule has 0 atom stereocenters. The largest absolute Gasteiger partial charge is 0.306 e. The van der Waals surface area contributed by atoms with E-state index in [0.717, 1.165) is 11.7 Å². The number of thiol groups is 1. The molecule has 1 nitrogen and oxygen atoms in total. The van der Waals surface area contributed by atoms with Crippen LogP contribution in [0.25, 0.3) is 0 Å². The molecule has 0 spiro atoms. The smallest absolute Gasteiger partial charge is 0.00429 e. The van der Waals surface area contributed by atoms with Gasteiger partial charge >= 0.3 is 0 Å². The normalized spacial score (nSPS) is 17.8. The van der Waals surface area contributed by atoms with Crippen molar-refractivity contribution in [3.8, 4) is 0 Å². The highest BCUT2D eigenvalue weighted by Gasteiger charge is 2.29. The van der Waals surface area contributed by atoms with Crippen molar-refractivity contribution < 1.29 is 0 Å². The standard InChI is InChI=1S/C16H33NS/c1-4-10-16(14-18,11-5-2)13-17(3)12-15-8-6-7-9-15/h15,18H,4-14H2,1-3H3. The lowest BCUT2D eigenvalue weighted by Crippen LogP contribution is -2.39. The molecule has 1 aliphatic carbocycles. The van der Waals surface area contributed by atoms with E-state index in [1.165, 1.54) is 64.5 Å². The van der Waals surface area contributed by atoms with Crippen molar-refractivity contribution in [1.82, 2.24) is 4.90 Å². The van der Waals surface area contributed by atoms with E-state index in [1.807, 2.05) is 0 Å². The van der Waals surface area contributed by atoms with E-state index in [-0.39, 0.29) is 0 Å². The third-order valence-corrected chi connectivity index (χ3v) is 5.22. The van der Waals surface area contributed by atoms with Gasteiger partial charge in [-0.2, -0.15) is 12.6 Å². The fourth-order valence-electron chi connectivity index (χ4n) is 3.82. The van der Waals surface area contributed by atoms with Crippen LogP contribution in [-0.4, -0.2) is 30.8 Å². The lowest BCUT2D eigenvalue weighted by Gasteiger charge is -2.37. The fraction of sp³-hybridized carbons (Fsp3) is 1.00. The van der Waals surface area contributed by atoms with Gasteiger partial charge < -0.3 is 4.90 Å². The van der Waals surface area contributed by atoms with Crippen LogP contribution in [0.4, 0.5) is 0 Å². The van der Waals surface area contributed by atoms with Crippen molar-refractivity contribution in [1.29, 1.82) is 0 Å². The molecule has 0 saturated heterocycles. The maximum atomic E-state index is 4.67. The minimum absolute atomic E-state index is 0.458. The predicted molar refractivity (Wildman–Crippen MR) is 85.6 cm³/mol. The van der Waals surface area contributed by atoms with E-state index in [9.17, 15) is 0 Å². The van der Waals surface area contributed by atoms with E-state index in [2.05, 4.69) is 38.4 Å². The SMILES string of the molecule is CCCC(CS)(CCC)CN(C)CC1CCCC1. The minimum Gasteiger partial charge on any atom is -0.306 e. The Labute approximate surface area is 120 Å². The Morgan fingerprint density at radius 1 is 1.11 bits per heavy atom. The van der Waals surface area contributed by atoms with Crippen LogP contribution in [0.1, 0.15) is 65.2 Å². The lowest BCUT2D eigenvalue weighted by atomic mass is 9.80. The van der Waals surface area contributed by atoms with Crippen molar-refractivity contribution in [2.45, 2.75) is 65.2 Å². The highest BCUT2D eigenvalue weighted by molar-refractivity contribution is 7.80. The van der Waals surface area contributed by atoms with Crippen molar-refractivity contribution in [3.05, 3.63) is 0 Å². The predicted octanol–water partition coefficient (Wildman–Crippen LogP) is 4.62. The van der Waals surface area contributed by atoms with Crippen LogP contribution in [0.2, 0.25) is 0 Å². The van der Waals surface area contributed by atoms with Crippen LogP contribution in [0, 0.1) is 11.3 Å². The first kappa shape index (κ1) is 16.4. The molecule has 0 bridgehead atoms. The highest BCUT2D eigenvalue weighted by Crippen LogP contribution is 2.33. The second-order valence-corrected chi connectivity index (χ2v) is 6.82. The topological polar surface area (TPSA) is 3.24 Å². The minimum atomic E-state index is 0.458. The van der Waals surface area contributed by atoms with Crippen LogP contribution >= 0.6 is 12.6 Å². The van der Waals surface area contributed by atoms with Gasteiger partial charge in [-0.25, -0.2) is 0 Å². The molecule has 1 saturated carbocycles. The average Bonchev–Trinajstić information content (AvgIpc) is 2.82. The van der Waals surface area contributed by atoms with Gasteiger partial charge in [0.2, 0.25) is 0 Å². The summed E-state index contributed by atoms with van der Waals surface area (Å²) < 4.78 is 0. The first-order valence-electron chi connectivity index (χ1n) is 7.95. The summed E-state index contributed by atoms with van der Waals surface area (Å²) in [4.78, 5) is 2.59. The first-order chi connectivity index (χ1) is 8.65. The quantitative estimate of drug-likeness (QED) is 0.599. The molecular weight excluding hydrogens is 238 g/mol. The Hall–Kier alpha value is 0.310. The summed E-state index contributed by atoms with van der Waals surface area (Å²) in [5.41, 5.74) is 0.458. The molecule has 1 rings (SSSR count). The molecule has 1 aliphatic rings. The molecule has 0 heterocycles. The first-order valence-corrected chi connectivity index (χ1v) is 8.58. The molecule has 2 heteroatoms. The number of hydrogen-bond donors (Lipinski definition) is 1. The lowest BCUT2D eigenvalue weighted by molar-refractivity contribution is 0.154. The Balaban J connectivity index is 2.46. The molecule has 0 aliphatic heterocycles. The Morgan fingerprint density at radius 2 is 1.67 bits per heavy atom. The summed E-state index contributed by atoms with van der Waals surface area (Å²) in [6.45, 7) is 7.17. The zero-order chi connectivity index (χ0) is 13.4. The molecule has 0 aromatic carbocycles. The third kappa shape index (κ3) is 5.13. The Bertz CT molecular complexity index is 205. The van der Waals surface area contributed by atoms with Crippen LogP contribution < -0.4 is 0 Å². The van der Waals surface area contributed by atoms with E-state index in [4.69, 9.17) is 0 Å². The molecule has 0 aromatic rings. The summed E-state index contributed by atoms with van der Waals surface area (Å²) >= 11 is 4.67. The van der Waals surface area contributed by atoms with Crippen LogP contribution in [0.5, 0.6) is 0 Å². The summed E-state index contributed by atoms with van der Waals surface area (Å²) in [5, 5.41) is 0. The highest BCUT2D eigenvalue weighted by atomic mass is 32.1. The number of rotatable bonds is 9. The molecule has 0 amide bonds. The molecular formula is C16H33NS. The second-order valence-electron chi connectivity index (χ2n) is 6.51. The molecule has 108 valence electrons. The second kappa shape index (κ2) is 8.47.